The second-order valence-electron chi connectivity index (χ2n) is 9.18. The number of pyridine rings is 1. The maximum absolute atomic E-state index is 15.3. The summed E-state index contributed by atoms with van der Waals surface area (Å²) in [4.78, 5) is 14.7. The van der Waals surface area contributed by atoms with Crippen LogP contribution in [0.3, 0.4) is 0 Å². The second kappa shape index (κ2) is 6.03. The summed E-state index contributed by atoms with van der Waals surface area (Å²) >= 11 is 0. The fraction of sp³-hybridized carbons (Fsp3) is 0.292. The van der Waals surface area contributed by atoms with Crippen molar-refractivity contribution in [2.75, 3.05) is 30.4 Å². The van der Waals surface area contributed by atoms with Crippen LogP contribution < -0.4 is 19.9 Å². The largest absolute Gasteiger partial charge is 0.386 e. The van der Waals surface area contributed by atoms with Crippen LogP contribution in [0, 0.1) is 23.3 Å². The lowest BCUT2D eigenvalue weighted by molar-refractivity contribution is -0.536. The summed E-state index contributed by atoms with van der Waals surface area (Å²) in [5, 5.41) is 3.86. The Balaban J connectivity index is 1.58. The molecule has 0 bridgehead atoms. The zero-order valence-corrected chi connectivity index (χ0v) is 17.5. The van der Waals surface area contributed by atoms with Crippen LogP contribution in [0.4, 0.5) is 20.2 Å². The molecule has 3 aromatic heterocycles. The van der Waals surface area contributed by atoms with Crippen LogP contribution in [0.5, 0.6) is 0 Å². The lowest BCUT2D eigenvalue weighted by Crippen LogP contribution is -2.45. The SMILES string of the molecule is CNc1cc(F)c(F)c2c1[nH]c1ncc(-c3cnc4[n+](c3)=CC=4)c(N3CCC4(CC4)C3)c12. The number of fused-ring (bicyclic) bond motifs is 4. The van der Waals surface area contributed by atoms with Gasteiger partial charge < -0.3 is 15.2 Å². The predicted molar refractivity (Wildman–Crippen MR) is 119 cm³/mol. The van der Waals surface area contributed by atoms with E-state index in [1.54, 1.807) is 7.05 Å². The van der Waals surface area contributed by atoms with E-state index in [9.17, 15) is 4.39 Å². The van der Waals surface area contributed by atoms with Crippen molar-refractivity contribution in [2.45, 2.75) is 19.3 Å². The number of benzene rings is 1. The number of aromatic amines is 1. The number of aromatic nitrogens is 4. The quantitative estimate of drug-likeness (QED) is 0.489. The molecule has 1 saturated carbocycles. The van der Waals surface area contributed by atoms with Crippen LogP contribution >= 0.6 is 0 Å². The minimum atomic E-state index is -0.873. The smallest absolute Gasteiger partial charge is 0.331 e. The van der Waals surface area contributed by atoms with Gasteiger partial charge in [-0.05, 0) is 29.7 Å². The van der Waals surface area contributed by atoms with Gasteiger partial charge in [-0.3, -0.25) is 0 Å². The van der Waals surface area contributed by atoms with Crippen molar-refractivity contribution in [3.8, 4) is 11.1 Å². The first-order valence-electron chi connectivity index (χ1n) is 10.9. The van der Waals surface area contributed by atoms with Gasteiger partial charge in [-0.15, -0.1) is 0 Å². The van der Waals surface area contributed by atoms with Crippen molar-refractivity contribution in [1.29, 1.82) is 0 Å². The highest BCUT2D eigenvalue weighted by molar-refractivity contribution is 6.18. The topological polar surface area (TPSA) is 62.7 Å². The molecule has 1 aromatic carbocycles. The summed E-state index contributed by atoms with van der Waals surface area (Å²) in [5.74, 6) is -1.72. The van der Waals surface area contributed by atoms with Gasteiger partial charge in [-0.2, -0.15) is 0 Å². The van der Waals surface area contributed by atoms with Gasteiger partial charge in [0.05, 0.1) is 39.3 Å². The molecule has 8 heteroatoms. The Morgan fingerprint density at radius 3 is 2.72 bits per heavy atom. The van der Waals surface area contributed by atoms with Crippen LogP contribution in [0.25, 0.3) is 39.1 Å². The zero-order chi connectivity index (χ0) is 21.6. The average molecular weight is 431 g/mol. The van der Waals surface area contributed by atoms with Gasteiger partial charge in [-0.1, -0.05) is 0 Å². The minimum absolute atomic E-state index is 0.245. The molecule has 3 aliphatic rings. The Hall–Kier alpha value is -3.55. The lowest BCUT2D eigenvalue weighted by atomic mass is 10.0. The van der Waals surface area contributed by atoms with E-state index in [-0.39, 0.29) is 5.39 Å². The minimum Gasteiger partial charge on any atom is -0.386 e. The van der Waals surface area contributed by atoms with Crippen molar-refractivity contribution in [3.63, 3.8) is 0 Å². The average Bonchev–Trinajstić information content (AvgIpc) is 3.23. The third-order valence-corrected chi connectivity index (χ3v) is 7.32. The molecule has 1 saturated heterocycles. The summed E-state index contributed by atoms with van der Waals surface area (Å²) in [7, 11) is 1.70. The molecule has 0 atom stereocenters. The van der Waals surface area contributed by atoms with E-state index in [0.29, 0.717) is 27.7 Å². The number of nitrogens with zero attached hydrogens (tertiary/aromatic N) is 4. The third-order valence-electron chi connectivity index (χ3n) is 7.32. The van der Waals surface area contributed by atoms with Gasteiger partial charge in [0.25, 0.3) is 0 Å². The molecule has 2 fully saturated rings. The molecule has 2 N–H and O–H groups in total. The normalized spacial score (nSPS) is 17.9. The highest BCUT2D eigenvalue weighted by Gasteiger charge is 2.48. The standard InChI is InChI=1S/C24H21F2N6/c1-27-16-8-15(25)20(26)18-19-22(32-7-5-24(12-32)3-4-24)14(10-29-23(19)30-21(16)18)13-9-28-17-2-6-31(17)11-13/h2,6,8-11,27H,3-5,7,12H2,1H3,(H,29,30)/q+1. The van der Waals surface area contributed by atoms with E-state index in [1.165, 1.54) is 18.9 Å². The summed E-state index contributed by atoms with van der Waals surface area (Å²) in [6, 6.07) is 1.19. The van der Waals surface area contributed by atoms with Crippen molar-refractivity contribution >= 4 is 39.4 Å². The van der Waals surface area contributed by atoms with Gasteiger partial charge in [0.1, 0.15) is 18.1 Å². The molecule has 0 amide bonds. The Bertz CT molecular complexity index is 1580. The first-order valence-corrected chi connectivity index (χ1v) is 10.9. The summed E-state index contributed by atoms with van der Waals surface area (Å²) in [6.07, 6.45) is 13.1. The Morgan fingerprint density at radius 1 is 1.16 bits per heavy atom. The van der Waals surface area contributed by atoms with Crippen molar-refractivity contribution in [1.82, 2.24) is 15.0 Å². The van der Waals surface area contributed by atoms with Crippen LogP contribution in [0.1, 0.15) is 19.3 Å². The van der Waals surface area contributed by atoms with Crippen LogP contribution in [-0.2, 0) is 0 Å². The molecule has 6 nitrogen and oxygen atoms in total. The van der Waals surface area contributed by atoms with Gasteiger partial charge >= 0.3 is 5.48 Å². The van der Waals surface area contributed by atoms with Gasteiger partial charge in [0.15, 0.2) is 17.8 Å². The van der Waals surface area contributed by atoms with Crippen molar-refractivity contribution in [2.24, 2.45) is 5.41 Å². The highest BCUT2D eigenvalue weighted by atomic mass is 19.2. The Kier molecular flexibility index (Phi) is 3.40. The van der Waals surface area contributed by atoms with Gasteiger partial charge in [0, 0.05) is 38.0 Å². The van der Waals surface area contributed by atoms with Crippen molar-refractivity contribution in [3.05, 3.63) is 48.0 Å². The Labute approximate surface area is 181 Å². The monoisotopic (exact) mass is 431 g/mol. The molecule has 0 unspecified atom stereocenters. The molecule has 1 spiro atoms. The second-order valence-corrected chi connectivity index (χ2v) is 9.18. The maximum Gasteiger partial charge on any atom is 0.331 e. The van der Waals surface area contributed by atoms with E-state index in [0.717, 1.165) is 41.8 Å². The van der Waals surface area contributed by atoms with Gasteiger partial charge in [-0.25, -0.2) is 18.0 Å². The molecule has 32 heavy (non-hydrogen) atoms. The number of hydrogen-bond donors (Lipinski definition) is 2. The number of hydrogen-bond acceptors (Lipinski definition) is 4. The summed E-state index contributed by atoms with van der Waals surface area (Å²) < 4.78 is 31.8. The molecule has 5 heterocycles. The van der Waals surface area contributed by atoms with E-state index < -0.39 is 11.6 Å². The Morgan fingerprint density at radius 2 is 2.03 bits per heavy atom. The number of nitrogens with one attached hydrogen (secondary N) is 2. The molecular formula is C24H21F2N6+. The van der Waals surface area contributed by atoms with E-state index >= 15 is 4.39 Å². The fourth-order valence-corrected chi connectivity index (χ4v) is 5.29. The number of anilines is 2. The summed E-state index contributed by atoms with van der Waals surface area (Å²) in [6.45, 7) is 1.81. The van der Waals surface area contributed by atoms with Gasteiger partial charge in [0.2, 0.25) is 0 Å². The maximum atomic E-state index is 15.3. The van der Waals surface area contributed by atoms with E-state index in [1.807, 2.05) is 35.1 Å². The molecule has 0 radical (unpaired) electrons. The molecule has 2 aliphatic heterocycles. The molecule has 160 valence electrons. The van der Waals surface area contributed by atoms with Crippen LogP contribution in [0.15, 0.2) is 24.7 Å². The third kappa shape index (κ3) is 2.35. The predicted octanol–water partition coefficient (Wildman–Crippen LogP) is 3.18. The lowest BCUT2D eigenvalue weighted by Gasteiger charge is -2.23. The summed E-state index contributed by atoms with van der Waals surface area (Å²) in [5.41, 5.74) is 5.54. The van der Waals surface area contributed by atoms with Crippen LogP contribution in [0.2, 0.25) is 0 Å². The molecule has 1 aliphatic carbocycles. The fourth-order valence-electron chi connectivity index (χ4n) is 5.29. The first kappa shape index (κ1) is 18.1. The van der Waals surface area contributed by atoms with Crippen LogP contribution in [-0.4, -0.2) is 35.1 Å². The molecule has 4 aromatic rings. The highest BCUT2D eigenvalue weighted by Crippen LogP contribution is 2.55. The zero-order valence-electron chi connectivity index (χ0n) is 17.5. The number of halogens is 2. The number of H-pyrrole nitrogens is 1. The molecule has 7 rings (SSSR count). The first-order chi connectivity index (χ1) is 15.6. The van der Waals surface area contributed by atoms with Crippen molar-refractivity contribution < 1.29 is 13.0 Å². The number of rotatable bonds is 3. The van der Waals surface area contributed by atoms with E-state index in [4.69, 9.17) is 0 Å². The molecular weight excluding hydrogens is 410 g/mol. The van der Waals surface area contributed by atoms with E-state index in [2.05, 4.69) is 25.2 Å².